The van der Waals surface area contributed by atoms with Gasteiger partial charge in [-0.2, -0.15) is 14.7 Å². The van der Waals surface area contributed by atoms with E-state index in [0.29, 0.717) is 19.6 Å². The van der Waals surface area contributed by atoms with Crippen molar-refractivity contribution in [2.45, 2.75) is 11.1 Å². The Balaban J connectivity index is 2.39. The standard InChI is InChI=1S/C9H13N5O2S/c1-13-9(2-3-12-13)17(15,16)14-5-4-11-7-8(14)6-10/h2-3,8,11H,4-5,7H2,1H3. The highest BCUT2D eigenvalue weighted by molar-refractivity contribution is 7.89. The first-order valence-corrected chi connectivity index (χ1v) is 6.61. The SMILES string of the molecule is Cn1nccc1S(=O)(=O)N1CCNCC1C#N. The number of nitriles is 1. The maximum absolute atomic E-state index is 12.3. The highest BCUT2D eigenvalue weighted by Crippen LogP contribution is 2.18. The lowest BCUT2D eigenvalue weighted by molar-refractivity contribution is 0.309. The molecule has 0 aliphatic carbocycles. The van der Waals surface area contributed by atoms with Gasteiger partial charge in [-0.05, 0) is 6.07 Å². The predicted octanol–water partition coefficient (Wildman–Crippen LogP) is -1.09. The van der Waals surface area contributed by atoms with Crippen LogP contribution in [0.3, 0.4) is 0 Å². The van der Waals surface area contributed by atoms with Crippen LogP contribution in [0.1, 0.15) is 0 Å². The van der Waals surface area contributed by atoms with Gasteiger partial charge in [-0.3, -0.25) is 4.68 Å². The highest BCUT2D eigenvalue weighted by atomic mass is 32.2. The Hall–Kier alpha value is -1.43. The highest BCUT2D eigenvalue weighted by Gasteiger charge is 2.35. The molecule has 1 saturated heterocycles. The van der Waals surface area contributed by atoms with Gasteiger partial charge in [0.1, 0.15) is 6.04 Å². The molecule has 0 aromatic carbocycles. The molecule has 7 nitrogen and oxygen atoms in total. The van der Waals surface area contributed by atoms with E-state index in [4.69, 9.17) is 5.26 Å². The Kier molecular flexibility index (Phi) is 3.15. The third kappa shape index (κ3) is 2.04. The quantitative estimate of drug-likeness (QED) is 0.725. The van der Waals surface area contributed by atoms with Gasteiger partial charge in [0, 0.05) is 26.7 Å². The number of sulfonamides is 1. The van der Waals surface area contributed by atoms with Crippen molar-refractivity contribution in [1.29, 1.82) is 5.26 Å². The Morgan fingerprint density at radius 1 is 1.65 bits per heavy atom. The van der Waals surface area contributed by atoms with Crippen LogP contribution in [0.2, 0.25) is 0 Å². The van der Waals surface area contributed by atoms with Gasteiger partial charge in [0.05, 0.1) is 12.3 Å². The van der Waals surface area contributed by atoms with Gasteiger partial charge < -0.3 is 5.32 Å². The van der Waals surface area contributed by atoms with Gasteiger partial charge in [0.2, 0.25) is 0 Å². The number of nitrogens with zero attached hydrogens (tertiary/aromatic N) is 4. The smallest absolute Gasteiger partial charge is 0.261 e. The molecule has 0 bridgehead atoms. The minimum absolute atomic E-state index is 0.111. The Labute approximate surface area is 99.7 Å². The molecule has 1 atom stereocenters. The molecule has 17 heavy (non-hydrogen) atoms. The van der Waals surface area contributed by atoms with E-state index in [1.807, 2.05) is 6.07 Å². The largest absolute Gasteiger partial charge is 0.313 e. The summed E-state index contributed by atoms with van der Waals surface area (Å²) in [7, 11) is -2.07. The van der Waals surface area contributed by atoms with Crippen LogP contribution < -0.4 is 5.32 Å². The molecule has 1 fully saturated rings. The maximum atomic E-state index is 12.3. The van der Waals surface area contributed by atoms with Crippen LogP contribution in [0.4, 0.5) is 0 Å². The maximum Gasteiger partial charge on any atom is 0.261 e. The minimum Gasteiger partial charge on any atom is -0.313 e. The van der Waals surface area contributed by atoms with Crippen LogP contribution in [0, 0.1) is 11.3 Å². The number of aryl methyl sites for hydroxylation is 1. The van der Waals surface area contributed by atoms with Crippen molar-refractivity contribution in [2.24, 2.45) is 7.05 Å². The second-order valence-electron chi connectivity index (χ2n) is 3.76. The van der Waals surface area contributed by atoms with E-state index in [9.17, 15) is 8.42 Å². The fourth-order valence-electron chi connectivity index (χ4n) is 1.82. The van der Waals surface area contributed by atoms with E-state index in [2.05, 4.69) is 10.4 Å². The molecule has 1 aliphatic heterocycles. The van der Waals surface area contributed by atoms with Gasteiger partial charge in [-0.25, -0.2) is 8.42 Å². The minimum atomic E-state index is -3.64. The monoisotopic (exact) mass is 255 g/mol. The summed E-state index contributed by atoms with van der Waals surface area (Å²) in [4.78, 5) is 0. The molecule has 1 aromatic heterocycles. The summed E-state index contributed by atoms with van der Waals surface area (Å²) < 4.78 is 27.2. The summed E-state index contributed by atoms with van der Waals surface area (Å²) >= 11 is 0. The lowest BCUT2D eigenvalue weighted by Gasteiger charge is -2.30. The second kappa shape index (κ2) is 4.44. The van der Waals surface area contributed by atoms with Crippen LogP contribution in [-0.2, 0) is 17.1 Å². The molecule has 0 spiro atoms. The van der Waals surface area contributed by atoms with Crippen LogP contribution in [0.25, 0.3) is 0 Å². The van der Waals surface area contributed by atoms with Gasteiger partial charge in [0.15, 0.2) is 5.03 Å². The lowest BCUT2D eigenvalue weighted by Crippen LogP contribution is -2.53. The number of nitrogens with one attached hydrogen (secondary N) is 1. The summed E-state index contributed by atoms with van der Waals surface area (Å²) in [5.74, 6) is 0. The molecule has 92 valence electrons. The van der Waals surface area contributed by atoms with Gasteiger partial charge in [-0.1, -0.05) is 0 Å². The molecular formula is C9H13N5O2S. The Morgan fingerprint density at radius 2 is 2.41 bits per heavy atom. The van der Waals surface area contributed by atoms with Crippen LogP contribution >= 0.6 is 0 Å². The molecule has 0 amide bonds. The second-order valence-corrected chi connectivity index (χ2v) is 5.60. The third-order valence-electron chi connectivity index (χ3n) is 2.69. The average molecular weight is 255 g/mol. The van der Waals surface area contributed by atoms with Crippen molar-refractivity contribution in [3.8, 4) is 6.07 Å². The van der Waals surface area contributed by atoms with Crippen LogP contribution in [0.15, 0.2) is 17.3 Å². The Bertz CT molecular complexity index is 544. The van der Waals surface area contributed by atoms with Gasteiger partial charge >= 0.3 is 0 Å². The molecule has 2 rings (SSSR count). The lowest BCUT2D eigenvalue weighted by atomic mass is 10.3. The first-order valence-electron chi connectivity index (χ1n) is 5.17. The number of rotatable bonds is 2. The molecule has 1 aromatic rings. The number of aromatic nitrogens is 2. The van der Waals surface area contributed by atoms with Crippen molar-refractivity contribution in [3.63, 3.8) is 0 Å². The van der Waals surface area contributed by atoms with E-state index in [1.165, 1.54) is 21.3 Å². The van der Waals surface area contributed by atoms with Crippen molar-refractivity contribution in [3.05, 3.63) is 12.3 Å². The van der Waals surface area contributed by atoms with Crippen LogP contribution in [-0.4, -0.2) is 48.2 Å². The van der Waals surface area contributed by atoms with Crippen molar-refractivity contribution < 1.29 is 8.42 Å². The van der Waals surface area contributed by atoms with Gasteiger partial charge in [-0.15, -0.1) is 0 Å². The average Bonchev–Trinajstić information content (AvgIpc) is 2.76. The van der Waals surface area contributed by atoms with E-state index >= 15 is 0 Å². The zero-order chi connectivity index (χ0) is 12.5. The molecule has 0 saturated carbocycles. The normalized spacial score (nSPS) is 22.2. The van der Waals surface area contributed by atoms with E-state index in [0.717, 1.165) is 0 Å². The molecule has 1 unspecified atom stereocenters. The van der Waals surface area contributed by atoms with Gasteiger partial charge in [0.25, 0.3) is 10.0 Å². The van der Waals surface area contributed by atoms with Crippen LogP contribution in [0.5, 0.6) is 0 Å². The number of hydrogen-bond acceptors (Lipinski definition) is 5. The third-order valence-corrected chi connectivity index (χ3v) is 4.68. The zero-order valence-corrected chi connectivity index (χ0v) is 10.2. The fraction of sp³-hybridized carbons (Fsp3) is 0.556. The molecule has 2 heterocycles. The first kappa shape index (κ1) is 12.0. The van der Waals surface area contributed by atoms with Crippen molar-refractivity contribution >= 4 is 10.0 Å². The van der Waals surface area contributed by atoms with Crippen molar-refractivity contribution in [2.75, 3.05) is 19.6 Å². The fourth-order valence-corrected chi connectivity index (χ4v) is 3.46. The number of hydrogen-bond donors (Lipinski definition) is 1. The summed E-state index contributed by atoms with van der Waals surface area (Å²) in [5.41, 5.74) is 0. The topological polar surface area (TPSA) is 91.0 Å². The summed E-state index contributed by atoms with van der Waals surface area (Å²) in [5, 5.41) is 15.9. The predicted molar refractivity (Wildman–Crippen MR) is 59.4 cm³/mol. The van der Waals surface area contributed by atoms with E-state index < -0.39 is 16.1 Å². The molecule has 1 aliphatic rings. The molecule has 8 heteroatoms. The molecule has 1 N–H and O–H groups in total. The van der Waals surface area contributed by atoms with E-state index in [-0.39, 0.29) is 5.03 Å². The molecule has 0 radical (unpaired) electrons. The summed E-state index contributed by atoms with van der Waals surface area (Å²) in [6.07, 6.45) is 1.43. The van der Waals surface area contributed by atoms with E-state index in [1.54, 1.807) is 7.05 Å². The molecular weight excluding hydrogens is 242 g/mol. The van der Waals surface area contributed by atoms with Crippen molar-refractivity contribution in [1.82, 2.24) is 19.4 Å². The number of piperazine rings is 1. The Morgan fingerprint density at radius 3 is 3.00 bits per heavy atom. The summed E-state index contributed by atoms with van der Waals surface area (Å²) in [6.45, 7) is 1.20. The zero-order valence-electron chi connectivity index (χ0n) is 9.37. The first-order chi connectivity index (χ1) is 8.07. The summed E-state index contributed by atoms with van der Waals surface area (Å²) in [6, 6.07) is 2.77.